The van der Waals surface area contributed by atoms with Gasteiger partial charge in [-0.2, -0.15) is 0 Å². The highest BCUT2D eigenvalue weighted by Crippen LogP contribution is 2.25. The van der Waals surface area contributed by atoms with Crippen molar-refractivity contribution in [3.05, 3.63) is 16.5 Å². The number of nitrogens with one attached hydrogen (secondary N) is 3. The molecule has 1 aliphatic carbocycles. The highest BCUT2D eigenvalue weighted by atomic mass is 127. The van der Waals surface area contributed by atoms with E-state index in [2.05, 4.69) is 20.3 Å². The fourth-order valence-electron chi connectivity index (χ4n) is 2.51. The smallest absolute Gasteiger partial charge is 0.250 e. The van der Waals surface area contributed by atoms with E-state index in [1.807, 2.05) is 0 Å². The summed E-state index contributed by atoms with van der Waals surface area (Å²) in [4.78, 5) is 4.18. The minimum atomic E-state index is -3.49. The Balaban J connectivity index is 0.00000288. The van der Waals surface area contributed by atoms with E-state index in [0.717, 1.165) is 30.1 Å². The molecule has 0 amide bonds. The topological polar surface area (TPSA) is 82.6 Å². The molecular formula is C14H24ClIN4O2S2. The first-order valence-electron chi connectivity index (χ1n) is 7.73. The van der Waals surface area contributed by atoms with Crippen LogP contribution in [0, 0.1) is 0 Å². The Morgan fingerprint density at radius 1 is 1.29 bits per heavy atom. The zero-order valence-electron chi connectivity index (χ0n) is 13.5. The molecule has 1 aromatic rings. The Kier molecular flexibility index (Phi) is 9.87. The van der Waals surface area contributed by atoms with Gasteiger partial charge in [0.05, 0.1) is 4.34 Å². The van der Waals surface area contributed by atoms with Crippen LogP contribution in [-0.2, 0) is 10.0 Å². The van der Waals surface area contributed by atoms with Crippen LogP contribution in [0.2, 0.25) is 4.34 Å². The summed E-state index contributed by atoms with van der Waals surface area (Å²) in [7, 11) is -1.77. The standard InChI is InChI=1S/C14H23ClN4O2S2.HI/c1-16-14(19-11-5-3-2-4-6-11)17-9-10-18-23(20,21)13-8-7-12(15)22-13;/h7-8,11,18H,2-6,9-10H2,1H3,(H2,16,17,19);1H. The monoisotopic (exact) mass is 506 g/mol. The number of hydrogen-bond donors (Lipinski definition) is 3. The maximum absolute atomic E-state index is 12.0. The van der Waals surface area contributed by atoms with E-state index in [1.54, 1.807) is 13.1 Å². The molecule has 2 rings (SSSR count). The Labute approximate surface area is 169 Å². The number of halogens is 2. The Morgan fingerprint density at radius 3 is 2.58 bits per heavy atom. The number of rotatable bonds is 6. The Hall–Kier alpha value is -0.100. The number of nitrogens with zero attached hydrogens (tertiary/aromatic N) is 1. The molecule has 1 saturated carbocycles. The van der Waals surface area contributed by atoms with Crippen molar-refractivity contribution >= 4 is 62.9 Å². The minimum absolute atomic E-state index is 0. The number of guanidine groups is 1. The summed E-state index contributed by atoms with van der Waals surface area (Å²) < 4.78 is 27.3. The predicted octanol–water partition coefficient (Wildman–Crippen LogP) is 2.80. The zero-order valence-corrected chi connectivity index (χ0v) is 18.3. The number of aliphatic imine (C=N–C) groups is 1. The molecule has 0 atom stereocenters. The van der Waals surface area contributed by atoms with Gasteiger partial charge in [0.25, 0.3) is 0 Å². The van der Waals surface area contributed by atoms with Crippen LogP contribution in [0.1, 0.15) is 32.1 Å². The van der Waals surface area contributed by atoms with E-state index in [1.165, 1.54) is 25.3 Å². The van der Waals surface area contributed by atoms with Crippen LogP contribution in [0.5, 0.6) is 0 Å². The van der Waals surface area contributed by atoms with Gasteiger partial charge in [0, 0.05) is 26.2 Å². The number of hydrogen-bond acceptors (Lipinski definition) is 4. The van der Waals surface area contributed by atoms with Gasteiger partial charge in [-0.25, -0.2) is 13.1 Å². The van der Waals surface area contributed by atoms with Crippen molar-refractivity contribution < 1.29 is 8.42 Å². The van der Waals surface area contributed by atoms with Gasteiger partial charge < -0.3 is 10.6 Å². The van der Waals surface area contributed by atoms with Crippen molar-refractivity contribution in [2.24, 2.45) is 4.99 Å². The van der Waals surface area contributed by atoms with E-state index >= 15 is 0 Å². The molecule has 24 heavy (non-hydrogen) atoms. The van der Waals surface area contributed by atoms with Crippen molar-refractivity contribution in [1.82, 2.24) is 15.4 Å². The van der Waals surface area contributed by atoms with E-state index < -0.39 is 10.0 Å². The molecule has 10 heteroatoms. The summed E-state index contributed by atoms with van der Waals surface area (Å²) in [5, 5.41) is 6.52. The van der Waals surface area contributed by atoms with Gasteiger partial charge in [-0.1, -0.05) is 30.9 Å². The second-order valence-electron chi connectivity index (χ2n) is 5.43. The van der Waals surface area contributed by atoms with E-state index in [4.69, 9.17) is 11.6 Å². The maximum atomic E-state index is 12.0. The lowest BCUT2D eigenvalue weighted by molar-refractivity contribution is 0.410. The third-order valence-corrected chi connectivity index (χ3v) is 6.88. The molecule has 3 N–H and O–H groups in total. The molecule has 0 aliphatic heterocycles. The SMILES string of the molecule is CN=C(NCCNS(=O)(=O)c1ccc(Cl)s1)NC1CCCCC1.I. The quantitative estimate of drug-likeness (QED) is 0.240. The normalized spacial score (nSPS) is 16.5. The van der Waals surface area contributed by atoms with Gasteiger partial charge in [-0.05, 0) is 25.0 Å². The third kappa shape index (κ3) is 7.03. The lowest BCUT2D eigenvalue weighted by Crippen LogP contribution is -2.46. The van der Waals surface area contributed by atoms with E-state index in [9.17, 15) is 8.42 Å². The maximum Gasteiger partial charge on any atom is 0.250 e. The first-order valence-corrected chi connectivity index (χ1v) is 10.4. The summed E-state index contributed by atoms with van der Waals surface area (Å²) in [5.41, 5.74) is 0. The fraction of sp³-hybridized carbons (Fsp3) is 0.643. The molecule has 0 aromatic carbocycles. The Bertz CT molecular complexity index is 630. The summed E-state index contributed by atoms with van der Waals surface area (Å²) in [6.45, 7) is 0.744. The molecule has 1 heterocycles. The molecule has 138 valence electrons. The molecule has 0 unspecified atom stereocenters. The molecule has 0 radical (unpaired) electrons. The average molecular weight is 507 g/mol. The fourth-order valence-corrected chi connectivity index (χ4v) is 5.07. The van der Waals surface area contributed by atoms with Crippen molar-refractivity contribution in [3.8, 4) is 0 Å². The predicted molar refractivity (Wildman–Crippen MR) is 111 cm³/mol. The molecular weight excluding hydrogens is 483 g/mol. The van der Waals surface area contributed by atoms with Crippen LogP contribution < -0.4 is 15.4 Å². The van der Waals surface area contributed by atoms with E-state index in [-0.39, 0.29) is 34.7 Å². The molecule has 1 aromatic heterocycles. The van der Waals surface area contributed by atoms with Crippen LogP contribution in [0.25, 0.3) is 0 Å². The third-order valence-electron chi connectivity index (χ3n) is 3.69. The van der Waals surface area contributed by atoms with Gasteiger partial charge >= 0.3 is 0 Å². The zero-order chi connectivity index (χ0) is 16.7. The molecule has 0 bridgehead atoms. The summed E-state index contributed by atoms with van der Waals surface area (Å²) in [6.07, 6.45) is 6.12. The van der Waals surface area contributed by atoms with E-state index in [0.29, 0.717) is 16.9 Å². The van der Waals surface area contributed by atoms with Gasteiger partial charge in [-0.15, -0.1) is 35.3 Å². The molecule has 1 fully saturated rings. The molecule has 0 spiro atoms. The first kappa shape index (κ1) is 21.9. The molecule has 0 saturated heterocycles. The second-order valence-corrected chi connectivity index (χ2v) is 9.14. The largest absolute Gasteiger partial charge is 0.355 e. The summed E-state index contributed by atoms with van der Waals surface area (Å²) in [5.74, 6) is 0.718. The molecule has 1 aliphatic rings. The first-order chi connectivity index (χ1) is 11.0. The highest BCUT2D eigenvalue weighted by Gasteiger charge is 2.16. The van der Waals surface area contributed by atoms with Crippen molar-refractivity contribution in [2.75, 3.05) is 20.1 Å². The lowest BCUT2D eigenvalue weighted by atomic mass is 9.96. The van der Waals surface area contributed by atoms with Gasteiger partial charge in [0.15, 0.2) is 5.96 Å². The Morgan fingerprint density at radius 2 is 2.00 bits per heavy atom. The highest BCUT2D eigenvalue weighted by molar-refractivity contribution is 14.0. The summed E-state index contributed by atoms with van der Waals surface area (Å²) >= 11 is 6.82. The van der Waals surface area contributed by atoms with Crippen LogP contribution in [0.15, 0.2) is 21.3 Å². The van der Waals surface area contributed by atoms with Gasteiger partial charge in [-0.3, -0.25) is 4.99 Å². The van der Waals surface area contributed by atoms with Crippen molar-refractivity contribution in [3.63, 3.8) is 0 Å². The number of thiophene rings is 1. The van der Waals surface area contributed by atoms with Crippen molar-refractivity contribution in [1.29, 1.82) is 0 Å². The van der Waals surface area contributed by atoms with Crippen LogP contribution >= 0.6 is 46.9 Å². The lowest BCUT2D eigenvalue weighted by Gasteiger charge is -2.24. The van der Waals surface area contributed by atoms with Gasteiger partial charge in [0.2, 0.25) is 10.0 Å². The average Bonchev–Trinajstić information content (AvgIpc) is 2.99. The minimum Gasteiger partial charge on any atom is -0.355 e. The summed E-state index contributed by atoms with van der Waals surface area (Å²) in [6, 6.07) is 3.54. The number of sulfonamides is 1. The van der Waals surface area contributed by atoms with Crippen LogP contribution in [-0.4, -0.2) is 40.6 Å². The van der Waals surface area contributed by atoms with Crippen LogP contribution in [0.4, 0.5) is 0 Å². The van der Waals surface area contributed by atoms with Crippen LogP contribution in [0.3, 0.4) is 0 Å². The van der Waals surface area contributed by atoms with Gasteiger partial charge in [0.1, 0.15) is 4.21 Å². The second kappa shape index (κ2) is 10.8. The molecule has 6 nitrogen and oxygen atoms in total. The van der Waals surface area contributed by atoms with Crippen molar-refractivity contribution in [2.45, 2.75) is 42.4 Å².